The number of rotatable bonds is 4. The van der Waals surface area contributed by atoms with Crippen LogP contribution >= 0.6 is 0 Å². The number of esters is 1. The molecule has 1 aromatic rings. The monoisotopic (exact) mass is 306 g/mol. The average molecular weight is 306 g/mol. The molecular weight excluding hydrogens is 284 g/mol. The number of amides is 1. The third-order valence-corrected chi connectivity index (χ3v) is 3.22. The maximum Gasteiger partial charge on any atom is 0.413 e. The minimum Gasteiger partial charge on any atom is -0.466 e. The maximum absolute atomic E-state index is 11.6. The van der Waals surface area contributed by atoms with Crippen LogP contribution in [0.5, 0.6) is 0 Å². The molecule has 0 aliphatic heterocycles. The number of hydrogen-bond acceptors (Lipinski definition) is 5. The minimum absolute atomic E-state index is 0.0635. The number of nitrogens with one attached hydrogen (secondary N) is 1. The van der Waals surface area contributed by atoms with Gasteiger partial charge >= 0.3 is 12.1 Å². The number of pyridine rings is 1. The molecule has 0 bridgehead atoms. The van der Waals surface area contributed by atoms with Crippen molar-refractivity contribution in [2.75, 3.05) is 11.9 Å². The number of nitrogens with zero attached hydrogens (tertiary/aromatic N) is 1. The Morgan fingerprint density at radius 2 is 2.09 bits per heavy atom. The molecule has 1 heterocycles. The summed E-state index contributed by atoms with van der Waals surface area (Å²) in [5.41, 5.74) is 0.429. The van der Waals surface area contributed by atoms with E-state index in [1.165, 1.54) is 0 Å². The van der Waals surface area contributed by atoms with E-state index in [-0.39, 0.29) is 17.8 Å². The average Bonchev–Trinajstić information content (AvgIpc) is 3.18. The first-order valence-electron chi connectivity index (χ1n) is 7.42. The Bertz CT molecular complexity index is 548. The van der Waals surface area contributed by atoms with Gasteiger partial charge in [0, 0.05) is 6.20 Å². The molecule has 6 nitrogen and oxygen atoms in total. The van der Waals surface area contributed by atoms with E-state index in [4.69, 9.17) is 9.47 Å². The Hall–Kier alpha value is -2.11. The van der Waals surface area contributed by atoms with E-state index in [9.17, 15) is 9.59 Å². The quantitative estimate of drug-likeness (QED) is 0.865. The molecule has 0 radical (unpaired) electrons. The zero-order chi connectivity index (χ0) is 16.3. The van der Waals surface area contributed by atoms with E-state index >= 15 is 0 Å². The largest absolute Gasteiger partial charge is 0.466 e. The molecule has 1 aliphatic rings. The van der Waals surface area contributed by atoms with E-state index < -0.39 is 11.7 Å². The van der Waals surface area contributed by atoms with Crippen molar-refractivity contribution in [1.29, 1.82) is 0 Å². The SMILES string of the molecule is CCOC(=O)[C@@H]1CC1c1ccc(NC(=O)OC(C)(C)C)nc1. The number of anilines is 1. The molecule has 22 heavy (non-hydrogen) atoms. The number of ether oxygens (including phenoxy) is 2. The number of hydrogen-bond donors (Lipinski definition) is 1. The van der Waals surface area contributed by atoms with Crippen molar-refractivity contribution in [3.8, 4) is 0 Å². The Morgan fingerprint density at radius 1 is 1.36 bits per heavy atom. The molecule has 120 valence electrons. The van der Waals surface area contributed by atoms with Crippen LogP contribution in [-0.4, -0.2) is 29.3 Å². The number of carbonyl (C=O) groups excluding carboxylic acids is 2. The van der Waals surface area contributed by atoms with Gasteiger partial charge in [-0.2, -0.15) is 0 Å². The lowest BCUT2D eigenvalue weighted by atomic mass is 10.1. The standard InChI is InChI=1S/C16H22N2O4/c1-5-21-14(19)12-8-11(12)10-6-7-13(17-9-10)18-15(20)22-16(2,3)4/h6-7,9,11-12H,5,8H2,1-4H3,(H,17,18,20)/t11?,12-/m1/s1. The fourth-order valence-corrected chi connectivity index (χ4v) is 2.18. The fourth-order valence-electron chi connectivity index (χ4n) is 2.18. The second-order valence-electron chi connectivity index (χ2n) is 6.30. The second kappa shape index (κ2) is 6.34. The molecule has 2 rings (SSSR count). The van der Waals surface area contributed by atoms with Gasteiger partial charge in [-0.25, -0.2) is 9.78 Å². The predicted octanol–water partition coefficient (Wildman–Crippen LogP) is 3.10. The van der Waals surface area contributed by atoms with Crippen LogP contribution in [0.3, 0.4) is 0 Å². The fraction of sp³-hybridized carbons (Fsp3) is 0.562. The van der Waals surface area contributed by atoms with E-state index in [0.29, 0.717) is 12.4 Å². The predicted molar refractivity (Wildman–Crippen MR) is 81.6 cm³/mol. The van der Waals surface area contributed by atoms with Crippen molar-refractivity contribution >= 4 is 17.9 Å². The molecule has 1 N–H and O–H groups in total. The van der Waals surface area contributed by atoms with E-state index in [0.717, 1.165) is 12.0 Å². The van der Waals surface area contributed by atoms with Gasteiger partial charge in [0.1, 0.15) is 11.4 Å². The molecule has 1 aliphatic carbocycles. The molecule has 0 aromatic carbocycles. The van der Waals surface area contributed by atoms with Crippen molar-refractivity contribution in [3.05, 3.63) is 23.9 Å². The highest BCUT2D eigenvalue weighted by Gasteiger charge is 2.45. The normalized spacial score (nSPS) is 20.2. The first-order chi connectivity index (χ1) is 10.3. The van der Waals surface area contributed by atoms with Gasteiger partial charge in [0.2, 0.25) is 0 Å². The summed E-state index contributed by atoms with van der Waals surface area (Å²) in [7, 11) is 0. The van der Waals surface area contributed by atoms with Gasteiger partial charge in [-0.05, 0) is 51.7 Å². The third kappa shape index (κ3) is 4.44. The molecule has 6 heteroatoms. The molecule has 0 spiro atoms. The van der Waals surface area contributed by atoms with Crippen LogP contribution in [0, 0.1) is 5.92 Å². The summed E-state index contributed by atoms with van der Waals surface area (Å²) in [6.07, 6.45) is 1.93. The summed E-state index contributed by atoms with van der Waals surface area (Å²) >= 11 is 0. The number of aromatic nitrogens is 1. The Labute approximate surface area is 130 Å². The second-order valence-corrected chi connectivity index (χ2v) is 6.30. The van der Waals surface area contributed by atoms with Crippen molar-refractivity contribution in [2.45, 2.75) is 45.6 Å². The Kier molecular flexibility index (Phi) is 4.68. The van der Waals surface area contributed by atoms with Gasteiger partial charge in [0.05, 0.1) is 12.5 Å². The van der Waals surface area contributed by atoms with Crippen LogP contribution in [0.2, 0.25) is 0 Å². The molecular formula is C16H22N2O4. The Balaban J connectivity index is 1.89. The van der Waals surface area contributed by atoms with E-state index in [1.54, 1.807) is 40.0 Å². The van der Waals surface area contributed by atoms with Crippen LogP contribution in [0.1, 0.15) is 45.6 Å². The van der Waals surface area contributed by atoms with Gasteiger partial charge < -0.3 is 9.47 Å². The van der Waals surface area contributed by atoms with Gasteiger partial charge in [0.25, 0.3) is 0 Å². The van der Waals surface area contributed by atoms with Crippen molar-refractivity contribution in [3.63, 3.8) is 0 Å². The van der Waals surface area contributed by atoms with Crippen LogP contribution < -0.4 is 5.32 Å². The van der Waals surface area contributed by atoms with E-state index in [2.05, 4.69) is 10.3 Å². The van der Waals surface area contributed by atoms with E-state index in [1.807, 2.05) is 6.07 Å². The summed E-state index contributed by atoms with van der Waals surface area (Å²) in [4.78, 5) is 27.4. The van der Waals surface area contributed by atoms with Crippen molar-refractivity contribution < 1.29 is 19.1 Å². The van der Waals surface area contributed by atoms with Crippen molar-refractivity contribution in [2.24, 2.45) is 5.92 Å². The van der Waals surface area contributed by atoms with Crippen LogP contribution in [0.4, 0.5) is 10.6 Å². The summed E-state index contributed by atoms with van der Waals surface area (Å²) in [5.74, 6) is 0.378. The highest BCUT2D eigenvalue weighted by Crippen LogP contribution is 2.48. The molecule has 1 fully saturated rings. The van der Waals surface area contributed by atoms with Gasteiger partial charge in [-0.15, -0.1) is 0 Å². The van der Waals surface area contributed by atoms with Crippen molar-refractivity contribution in [1.82, 2.24) is 4.98 Å². The first-order valence-corrected chi connectivity index (χ1v) is 7.42. The smallest absolute Gasteiger partial charge is 0.413 e. The van der Waals surface area contributed by atoms with Crippen LogP contribution in [0.15, 0.2) is 18.3 Å². The van der Waals surface area contributed by atoms with Crippen LogP contribution in [0.25, 0.3) is 0 Å². The molecule has 1 aromatic heterocycles. The minimum atomic E-state index is -0.551. The zero-order valence-electron chi connectivity index (χ0n) is 13.4. The zero-order valence-corrected chi connectivity index (χ0v) is 13.4. The number of carbonyl (C=O) groups is 2. The van der Waals surface area contributed by atoms with Crippen LogP contribution in [-0.2, 0) is 14.3 Å². The summed E-state index contributed by atoms with van der Waals surface area (Å²) < 4.78 is 10.2. The molecule has 1 saturated carbocycles. The lowest BCUT2D eigenvalue weighted by molar-refractivity contribution is -0.144. The van der Waals surface area contributed by atoms with Gasteiger partial charge in [-0.3, -0.25) is 10.1 Å². The van der Waals surface area contributed by atoms with Gasteiger partial charge in [0.15, 0.2) is 0 Å². The topological polar surface area (TPSA) is 77.5 Å². The Morgan fingerprint density at radius 3 is 2.64 bits per heavy atom. The maximum atomic E-state index is 11.6. The molecule has 1 unspecified atom stereocenters. The lowest BCUT2D eigenvalue weighted by Gasteiger charge is -2.19. The summed E-state index contributed by atoms with van der Waals surface area (Å²) in [5, 5.41) is 2.58. The molecule has 2 atom stereocenters. The molecule has 0 saturated heterocycles. The third-order valence-electron chi connectivity index (χ3n) is 3.22. The summed E-state index contributed by atoms with van der Waals surface area (Å²) in [6.45, 7) is 7.59. The van der Waals surface area contributed by atoms with Gasteiger partial charge in [-0.1, -0.05) is 6.07 Å². The lowest BCUT2D eigenvalue weighted by Crippen LogP contribution is -2.27. The highest BCUT2D eigenvalue weighted by molar-refractivity contribution is 5.83. The highest BCUT2D eigenvalue weighted by atomic mass is 16.6. The first kappa shape index (κ1) is 16.3. The summed E-state index contributed by atoms with van der Waals surface area (Å²) in [6, 6.07) is 3.57. The molecule has 1 amide bonds.